The number of hydrogen-bond donors (Lipinski definition) is 0. The maximum Gasteiger partial charge on any atom is 0.134 e. The molecule has 0 fully saturated rings. The number of hydrogen-bond acceptors (Lipinski definition) is 6. The number of nitrogens with zero attached hydrogens (tertiary/aromatic N) is 4. The van der Waals surface area contributed by atoms with Crippen LogP contribution in [0.2, 0.25) is 0 Å². The minimum absolute atomic E-state index is 0.182. The summed E-state index contributed by atoms with van der Waals surface area (Å²) in [5, 5.41) is 2.48. The molecule has 0 amide bonds. The predicted octanol–water partition coefficient (Wildman–Crippen LogP) is 4.56. The summed E-state index contributed by atoms with van der Waals surface area (Å²) in [4.78, 5) is 22.4. The molecule has 0 atom stereocenters. The first-order valence-electron chi connectivity index (χ1n) is 11.7. The molecule has 0 radical (unpaired) electrons. The zero-order chi connectivity index (χ0) is 24.1. The molecule has 2 aromatic carbocycles. The highest BCUT2D eigenvalue weighted by Crippen LogP contribution is 2.29. The molecule has 0 unspecified atom stereocenters. The number of benzene rings is 2. The van der Waals surface area contributed by atoms with Crippen LogP contribution in [0.4, 0.5) is 8.78 Å². The molecule has 2 aliphatic rings. The van der Waals surface area contributed by atoms with Crippen molar-refractivity contribution in [1.82, 2.24) is 0 Å². The normalized spacial score (nSPS) is 13.6. The Morgan fingerprint density at radius 2 is 1.34 bits per heavy atom. The fourth-order valence-corrected chi connectivity index (χ4v) is 6.65. The Hall–Kier alpha value is -3.10. The van der Waals surface area contributed by atoms with Gasteiger partial charge < -0.3 is 0 Å². The minimum Gasteiger partial charge on any atom is -0.259 e. The van der Waals surface area contributed by atoms with E-state index in [-0.39, 0.29) is 31.4 Å². The maximum absolute atomic E-state index is 15.6. The van der Waals surface area contributed by atoms with Gasteiger partial charge in [0.1, 0.15) is 25.0 Å². The van der Waals surface area contributed by atoms with Gasteiger partial charge in [0.15, 0.2) is 0 Å². The van der Waals surface area contributed by atoms with Crippen molar-refractivity contribution in [3.63, 3.8) is 0 Å². The lowest BCUT2D eigenvalue weighted by Crippen LogP contribution is -2.33. The van der Waals surface area contributed by atoms with Gasteiger partial charge in [0.2, 0.25) is 0 Å². The van der Waals surface area contributed by atoms with Crippen molar-refractivity contribution in [3.05, 3.63) is 90.3 Å². The number of rotatable bonds is 6. The highest BCUT2D eigenvalue weighted by Gasteiger charge is 2.21. The van der Waals surface area contributed by atoms with E-state index in [1.54, 1.807) is 28.7 Å². The van der Waals surface area contributed by atoms with E-state index in [9.17, 15) is 0 Å². The molecule has 2 aromatic heterocycles. The molecule has 2 aliphatic heterocycles. The fraction of sp³-hybridized carbons (Fsp3) is 0.259. The van der Waals surface area contributed by atoms with Crippen molar-refractivity contribution in [3.8, 4) is 20.9 Å². The van der Waals surface area contributed by atoms with Gasteiger partial charge in [-0.25, -0.2) is 8.78 Å². The molecule has 6 rings (SSSR count). The summed E-state index contributed by atoms with van der Waals surface area (Å²) in [7, 11) is 0. The standard InChI is InChI=1S/C27H22F2N4S2/c1-3-15-5-7-21(34-15)18-11-19(28)17(25-26(18)32-13-31-25)9-14-10-20(29)23(27-24(14)30-12-33-27)22-8-6-16(4-2)35-22/h5-8,10-11H,3-4,9,12-13H2,1-2H3. The van der Waals surface area contributed by atoms with Crippen LogP contribution in [0, 0.1) is 11.6 Å². The molecule has 176 valence electrons. The largest absolute Gasteiger partial charge is 0.259 e. The Kier molecular flexibility index (Phi) is 5.65. The summed E-state index contributed by atoms with van der Waals surface area (Å²) < 4.78 is 31.0. The van der Waals surface area contributed by atoms with E-state index >= 15 is 8.78 Å². The average Bonchev–Trinajstić information content (AvgIpc) is 3.66. The summed E-state index contributed by atoms with van der Waals surface area (Å²) in [6.07, 6.45) is 2.01. The first kappa shape index (κ1) is 22.4. The van der Waals surface area contributed by atoms with Crippen LogP contribution in [0.15, 0.2) is 56.4 Å². The third-order valence-electron chi connectivity index (χ3n) is 6.44. The summed E-state index contributed by atoms with van der Waals surface area (Å²) in [5.74, 6) is -0.713. The van der Waals surface area contributed by atoms with Crippen molar-refractivity contribution in [2.45, 2.75) is 33.1 Å². The Bertz CT molecular complexity index is 1730. The molecule has 8 heteroatoms. The van der Waals surface area contributed by atoms with E-state index < -0.39 is 0 Å². The Morgan fingerprint density at radius 3 is 2.06 bits per heavy atom. The van der Waals surface area contributed by atoms with Gasteiger partial charge in [-0.3, -0.25) is 20.0 Å². The Labute approximate surface area is 208 Å². The van der Waals surface area contributed by atoms with Crippen LogP contribution < -0.4 is 21.4 Å². The smallest absolute Gasteiger partial charge is 0.134 e. The van der Waals surface area contributed by atoms with Gasteiger partial charge in [-0.2, -0.15) is 0 Å². The van der Waals surface area contributed by atoms with Crippen molar-refractivity contribution in [1.29, 1.82) is 0 Å². The van der Waals surface area contributed by atoms with Gasteiger partial charge in [0.05, 0.1) is 27.0 Å². The van der Waals surface area contributed by atoms with Gasteiger partial charge in [-0.05, 0) is 54.8 Å². The van der Waals surface area contributed by atoms with Gasteiger partial charge in [0, 0.05) is 37.1 Å². The average molecular weight is 505 g/mol. The zero-order valence-electron chi connectivity index (χ0n) is 19.4. The second-order valence-corrected chi connectivity index (χ2v) is 10.8. The Balaban J connectivity index is 1.47. The first-order chi connectivity index (χ1) is 17.1. The summed E-state index contributed by atoms with van der Waals surface area (Å²) in [6.45, 7) is 4.71. The lowest BCUT2D eigenvalue weighted by molar-refractivity contribution is 0.608. The lowest BCUT2D eigenvalue weighted by Gasteiger charge is -2.09. The Morgan fingerprint density at radius 1 is 0.714 bits per heavy atom. The quantitative estimate of drug-likeness (QED) is 0.370. The van der Waals surface area contributed by atoms with Crippen LogP contribution in [-0.4, -0.2) is 13.3 Å². The highest BCUT2D eigenvalue weighted by molar-refractivity contribution is 7.15. The van der Waals surface area contributed by atoms with Crippen LogP contribution in [0.3, 0.4) is 0 Å². The van der Waals surface area contributed by atoms with E-state index in [1.807, 2.05) is 18.2 Å². The summed E-state index contributed by atoms with van der Waals surface area (Å²) in [5.41, 5.74) is 2.30. The van der Waals surface area contributed by atoms with E-state index in [1.165, 1.54) is 15.8 Å². The third-order valence-corrected chi connectivity index (χ3v) is 8.95. The molecule has 4 heterocycles. The molecular weight excluding hydrogens is 482 g/mol. The third kappa shape index (κ3) is 3.76. The van der Waals surface area contributed by atoms with Crippen LogP contribution in [0.1, 0.15) is 34.7 Å². The van der Waals surface area contributed by atoms with Crippen LogP contribution in [0.5, 0.6) is 0 Å². The van der Waals surface area contributed by atoms with Crippen LogP contribution in [0.25, 0.3) is 20.9 Å². The summed E-state index contributed by atoms with van der Waals surface area (Å²) in [6, 6.07) is 11.1. The van der Waals surface area contributed by atoms with Crippen molar-refractivity contribution >= 4 is 22.7 Å². The SMILES string of the molecule is CCc1ccc(-c2cc(F)c(Cc3cc(F)c(-c4ccc(CC)s4)c4c3=NCN=4)c3c2=NCN=3)s1. The van der Waals surface area contributed by atoms with E-state index in [0.717, 1.165) is 28.2 Å². The predicted molar refractivity (Wildman–Crippen MR) is 135 cm³/mol. The maximum atomic E-state index is 15.6. The second kappa shape index (κ2) is 8.84. The van der Waals surface area contributed by atoms with E-state index in [4.69, 9.17) is 0 Å². The lowest BCUT2D eigenvalue weighted by atomic mass is 9.98. The van der Waals surface area contributed by atoms with Gasteiger partial charge in [-0.1, -0.05) is 13.8 Å². The number of thiophene rings is 2. The molecule has 0 aliphatic carbocycles. The van der Waals surface area contributed by atoms with Crippen LogP contribution in [-0.2, 0) is 19.3 Å². The highest BCUT2D eigenvalue weighted by atomic mass is 32.1. The van der Waals surface area contributed by atoms with Gasteiger partial charge in [0.25, 0.3) is 0 Å². The van der Waals surface area contributed by atoms with Crippen LogP contribution >= 0.6 is 22.7 Å². The van der Waals surface area contributed by atoms with Crippen molar-refractivity contribution in [2.24, 2.45) is 20.0 Å². The van der Waals surface area contributed by atoms with E-state index in [0.29, 0.717) is 38.1 Å². The summed E-state index contributed by atoms with van der Waals surface area (Å²) >= 11 is 3.22. The zero-order valence-corrected chi connectivity index (χ0v) is 21.0. The molecular formula is C27H22F2N4S2. The molecule has 4 nitrogen and oxygen atoms in total. The monoisotopic (exact) mass is 504 g/mol. The molecule has 0 N–H and O–H groups in total. The number of aryl methyl sites for hydroxylation is 2. The minimum atomic E-state index is -0.356. The molecule has 0 bridgehead atoms. The van der Waals surface area contributed by atoms with Gasteiger partial charge >= 0.3 is 0 Å². The fourth-order valence-electron chi connectivity index (χ4n) is 4.69. The van der Waals surface area contributed by atoms with E-state index in [2.05, 4.69) is 39.9 Å². The topological polar surface area (TPSA) is 49.4 Å². The van der Waals surface area contributed by atoms with Crippen molar-refractivity contribution in [2.75, 3.05) is 13.3 Å². The van der Waals surface area contributed by atoms with Gasteiger partial charge in [-0.15, -0.1) is 22.7 Å². The molecule has 4 aromatic rings. The molecule has 0 spiro atoms. The molecule has 35 heavy (non-hydrogen) atoms. The molecule has 0 saturated heterocycles. The first-order valence-corrected chi connectivity index (χ1v) is 13.3. The number of fused-ring (bicyclic) bond motifs is 2. The van der Waals surface area contributed by atoms with Crippen molar-refractivity contribution < 1.29 is 8.78 Å². The number of halogens is 2. The molecule has 0 saturated carbocycles. The second-order valence-electron chi connectivity index (χ2n) is 8.50.